The van der Waals surface area contributed by atoms with E-state index in [0.29, 0.717) is 0 Å². The van der Waals surface area contributed by atoms with Crippen LogP contribution in [0, 0.1) is 20.8 Å². The Kier molecular flexibility index (Phi) is 4.85. The summed E-state index contributed by atoms with van der Waals surface area (Å²) in [4.78, 5) is 8.86. The Bertz CT molecular complexity index is 561. The maximum Gasteiger partial charge on any atom is 0.0759 e. The van der Waals surface area contributed by atoms with Gasteiger partial charge in [-0.2, -0.15) is 0 Å². The molecule has 1 heterocycles. The fourth-order valence-corrected chi connectivity index (χ4v) is 2.28. The standard InChI is InChI=1S/C17H23N3/c1-5-18-16(17-11-19-14(4)10-20-17)9-15-7-6-12(2)13(3)8-15/h6-8,10-11,16,18H,5,9H2,1-4H3. The van der Waals surface area contributed by atoms with Crippen LogP contribution in [0.25, 0.3) is 0 Å². The molecule has 0 bridgehead atoms. The number of rotatable bonds is 5. The van der Waals surface area contributed by atoms with E-state index in [1.54, 1.807) is 0 Å². The molecule has 0 saturated carbocycles. The SMILES string of the molecule is CCNC(Cc1ccc(C)c(C)c1)c1cnc(C)cn1. The Morgan fingerprint density at radius 3 is 2.45 bits per heavy atom. The van der Waals surface area contributed by atoms with Crippen molar-refractivity contribution in [2.75, 3.05) is 6.54 Å². The summed E-state index contributed by atoms with van der Waals surface area (Å²) in [7, 11) is 0. The maximum absolute atomic E-state index is 4.51. The number of aryl methyl sites for hydroxylation is 3. The number of nitrogens with one attached hydrogen (secondary N) is 1. The van der Waals surface area contributed by atoms with E-state index >= 15 is 0 Å². The van der Waals surface area contributed by atoms with E-state index in [4.69, 9.17) is 0 Å². The van der Waals surface area contributed by atoms with E-state index in [-0.39, 0.29) is 6.04 Å². The van der Waals surface area contributed by atoms with Crippen molar-refractivity contribution in [1.82, 2.24) is 15.3 Å². The number of hydrogen-bond donors (Lipinski definition) is 1. The molecule has 2 rings (SSSR count). The topological polar surface area (TPSA) is 37.8 Å². The van der Waals surface area contributed by atoms with Crippen LogP contribution in [0.2, 0.25) is 0 Å². The third-order valence-corrected chi connectivity index (χ3v) is 3.62. The molecule has 106 valence electrons. The summed E-state index contributed by atoms with van der Waals surface area (Å²) in [5, 5.41) is 3.50. The highest BCUT2D eigenvalue weighted by molar-refractivity contribution is 5.31. The van der Waals surface area contributed by atoms with Crippen LogP contribution in [0.15, 0.2) is 30.6 Å². The van der Waals surface area contributed by atoms with Crippen molar-refractivity contribution in [1.29, 1.82) is 0 Å². The van der Waals surface area contributed by atoms with Crippen LogP contribution in [-0.2, 0) is 6.42 Å². The van der Waals surface area contributed by atoms with Crippen LogP contribution in [0.3, 0.4) is 0 Å². The Morgan fingerprint density at radius 2 is 1.85 bits per heavy atom. The molecule has 1 aromatic heterocycles. The van der Waals surface area contributed by atoms with Crippen molar-refractivity contribution in [3.05, 3.63) is 58.7 Å². The van der Waals surface area contributed by atoms with Gasteiger partial charge in [0.05, 0.1) is 23.6 Å². The Hall–Kier alpha value is -1.74. The molecule has 2 aromatic rings. The van der Waals surface area contributed by atoms with Gasteiger partial charge >= 0.3 is 0 Å². The monoisotopic (exact) mass is 269 g/mol. The molecule has 0 aliphatic carbocycles. The summed E-state index contributed by atoms with van der Waals surface area (Å²) >= 11 is 0. The van der Waals surface area contributed by atoms with Gasteiger partial charge in [-0.3, -0.25) is 9.97 Å². The summed E-state index contributed by atoms with van der Waals surface area (Å²) in [5.74, 6) is 0. The van der Waals surface area contributed by atoms with E-state index in [1.165, 1.54) is 16.7 Å². The third kappa shape index (κ3) is 3.64. The minimum absolute atomic E-state index is 0.218. The molecular formula is C17H23N3. The Labute approximate surface area is 121 Å². The lowest BCUT2D eigenvalue weighted by Gasteiger charge is -2.18. The molecule has 0 radical (unpaired) electrons. The predicted octanol–water partition coefficient (Wildman–Crippen LogP) is 3.30. The zero-order valence-corrected chi connectivity index (χ0v) is 12.8. The van der Waals surface area contributed by atoms with Gasteiger partial charge < -0.3 is 5.32 Å². The molecule has 0 aliphatic heterocycles. The van der Waals surface area contributed by atoms with Crippen LogP contribution in [0.4, 0.5) is 0 Å². The van der Waals surface area contributed by atoms with E-state index in [1.807, 2.05) is 19.3 Å². The van der Waals surface area contributed by atoms with Crippen LogP contribution in [0.5, 0.6) is 0 Å². The van der Waals surface area contributed by atoms with Crippen LogP contribution >= 0.6 is 0 Å². The third-order valence-electron chi connectivity index (χ3n) is 3.62. The second kappa shape index (κ2) is 6.62. The van der Waals surface area contributed by atoms with Gasteiger partial charge in [0.1, 0.15) is 0 Å². The molecule has 1 aromatic carbocycles. The Balaban J connectivity index is 2.20. The average Bonchev–Trinajstić information content (AvgIpc) is 2.43. The molecular weight excluding hydrogens is 246 g/mol. The number of hydrogen-bond acceptors (Lipinski definition) is 3. The number of benzene rings is 1. The van der Waals surface area contributed by atoms with Crippen LogP contribution in [-0.4, -0.2) is 16.5 Å². The van der Waals surface area contributed by atoms with Gasteiger partial charge in [-0.15, -0.1) is 0 Å². The lowest BCUT2D eigenvalue weighted by Crippen LogP contribution is -2.24. The molecule has 1 atom stereocenters. The normalized spacial score (nSPS) is 12.4. The quantitative estimate of drug-likeness (QED) is 0.905. The summed E-state index contributed by atoms with van der Waals surface area (Å²) in [6.07, 6.45) is 4.65. The second-order valence-corrected chi connectivity index (χ2v) is 5.32. The molecule has 20 heavy (non-hydrogen) atoms. The fraction of sp³-hybridized carbons (Fsp3) is 0.412. The van der Waals surface area contributed by atoms with Crippen molar-refractivity contribution >= 4 is 0 Å². The second-order valence-electron chi connectivity index (χ2n) is 5.32. The average molecular weight is 269 g/mol. The molecule has 0 amide bonds. The zero-order valence-electron chi connectivity index (χ0n) is 12.8. The highest BCUT2D eigenvalue weighted by Gasteiger charge is 2.13. The minimum atomic E-state index is 0.218. The van der Waals surface area contributed by atoms with Crippen molar-refractivity contribution in [2.45, 2.75) is 40.2 Å². The van der Waals surface area contributed by atoms with Gasteiger partial charge in [0, 0.05) is 6.20 Å². The molecule has 0 aliphatic rings. The van der Waals surface area contributed by atoms with Crippen molar-refractivity contribution in [2.24, 2.45) is 0 Å². The molecule has 0 saturated heterocycles. The molecule has 1 N–H and O–H groups in total. The number of likely N-dealkylation sites (N-methyl/N-ethyl adjacent to an activating group) is 1. The molecule has 0 spiro atoms. The first kappa shape index (κ1) is 14.7. The summed E-state index contributed by atoms with van der Waals surface area (Å²) < 4.78 is 0. The van der Waals surface area contributed by atoms with Gasteiger partial charge in [0.2, 0.25) is 0 Å². The predicted molar refractivity (Wildman–Crippen MR) is 82.8 cm³/mol. The molecule has 3 nitrogen and oxygen atoms in total. The highest BCUT2D eigenvalue weighted by Crippen LogP contribution is 2.18. The van der Waals surface area contributed by atoms with Crippen molar-refractivity contribution in [3.8, 4) is 0 Å². The summed E-state index contributed by atoms with van der Waals surface area (Å²) in [6.45, 7) is 9.31. The lowest BCUT2D eigenvalue weighted by atomic mass is 9.99. The van der Waals surface area contributed by atoms with Gasteiger partial charge in [-0.1, -0.05) is 25.1 Å². The van der Waals surface area contributed by atoms with Crippen LogP contribution in [0.1, 0.15) is 41.0 Å². The van der Waals surface area contributed by atoms with E-state index in [0.717, 1.165) is 24.4 Å². The first-order chi connectivity index (χ1) is 9.60. The number of aromatic nitrogens is 2. The van der Waals surface area contributed by atoms with Crippen LogP contribution < -0.4 is 5.32 Å². The van der Waals surface area contributed by atoms with Crippen molar-refractivity contribution in [3.63, 3.8) is 0 Å². The minimum Gasteiger partial charge on any atom is -0.309 e. The number of nitrogens with zero attached hydrogens (tertiary/aromatic N) is 2. The molecule has 0 fully saturated rings. The van der Waals surface area contributed by atoms with E-state index in [9.17, 15) is 0 Å². The molecule has 1 unspecified atom stereocenters. The van der Waals surface area contributed by atoms with Gasteiger partial charge in [-0.25, -0.2) is 0 Å². The fourth-order valence-electron chi connectivity index (χ4n) is 2.28. The first-order valence-corrected chi connectivity index (χ1v) is 7.18. The molecule has 3 heteroatoms. The summed E-state index contributed by atoms with van der Waals surface area (Å²) in [5.41, 5.74) is 5.98. The smallest absolute Gasteiger partial charge is 0.0759 e. The first-order valence-electron chi connectivity index (χ1n) is 7.18. The van der Waals surface area contributed by atoms with Crippen molar-refractivity contribution < 1.29 is 0 Å². The largest absolute Gasteiger partial charge is 0.309 e. The van der Waals surface area contributed by atoms with E-state index < -0.39 is 0 Å². The highest BCUT2D eigenvalue weighted by atomic mass is 14.9. The van der Waals surface area contributed by atoms with Gasteiger partial charge in [-0.05, 0) is 50.4 Å². The van der Waals surface area contributed by atoms with Gasteiger partial charge in [0.25, 0.3) is 0 Å². The Morgan fingerprint density at radius 1 is 1.05 bits per heavy atom. The zero-order chi connectivity index (χ0) is 14.5. The summed E-state index contributed by atoms with van der Waals surface area (Å²) in [6, 6.07) is 6.87. The van der Waals surface area contributed by atoms with E-state index in [2.05, 4.69) is 54.3 Å². The maximum atomic E-state index is 4.51. The lowest BCUT2D eigenvalue weighted by molar-refractivity contribution is 0.534. The van der Waals surface area contributed by atoms with Gasteiger partial charge in [0.15, 0.2) is 0 Å².